The van der Waals surface area contributed by atoms with E-state index in [1.54, 1.807) is 0 Å². The third-order valence-corrected chi connectivity index (χ3v) is 5.15. The first kappa shape index (κ1) is 15.1. The molecule has 0 spiro atoms. The number of hydrogen-bond acceptors (Lipinski definition) is 4. The molecule has 2 saturated heterocycles. The Labute approximate surface area is 128 Å². The molecule has 3 aliphatic rings. The Morgan fingerprint density at radius 1 is 1.10 bits per heavy atom. The molecule has 3 atom stereocenters. The Kier molecular flexibility index (Phi) is 4.14. The first-order chi connectivity index (χ1) is 9.94. The highest BCUT2D eigenvalue weighted by molar-refractivity contribution is 5.68. The van der Waals surface area contributed by atoms with Crippen molar-refractivity contribution in [1.82, 2.24) is 15.1 Å². The molecule has 3 rings (SSSR count). The number of carbonyl (C=O) groups excluding carboxylic acids is 1. The van der Waals surface area contributed by atoms with Crippen LogP contribution < -0.4 is 5.32 Å². The van der Waals surface area contributed by atoms with Crippen molar-refractivity contribution in [2.24, 2.45) is 11.8 Å². The molecule has 0 aromatic rings. The predicted octanol–water partition coefficient (Wildman–Crippen LogP) is 1.54. The van der Waals surface area contributed by atoms with Crippen LogP contribution in [-0.4, -0.2) is 66.8 Å². The summed E-state index contributed by atoms with van der Waals surface area (Å²) in [7, 11) is 0. The molecule has 2 aliphatic heterocycles. The number of carbonyl (C=O) groups is 1. The van der Waals surface area contributed by atoms with Gasteiger partial charge in [-0.3, -0.25) is 4.90 Å². The molecule has 1 saturated carbocycles. The topological polar surface area (TPSA) is 44.8 Å². The fourth-order valence-corrected chi connectivity index (χ4v) is 4.13. The highest BCUT2D eigenvalue weighted by Gasteiger charge is 2.42. The molecule has 120 valence electrons. The van der Waals surface area contributed by atoms with E-state index in [2.05, 4.69) is 10.2 Å². The Balaban J connectivity index is 1.50. The van der Waals surface area contributed by atoms with Gasteiger partial charge in [-0.15, -0.1) is 0 Å². The van der Waals surface area contributed by atoms with Crippen LogP contribution >= 0.6 is 0 Å². The van der Waals surface area contributed by atoms with Crippen molar-refractivity contribution in [3.63, 3.8) is 0 Å². The largest absolute Gasteiger partial charge is 0.444 e. The highest BCUT2D eigenvalue weighted by atomic mass is 16.6. The Morgan fingerprint density at radius 2 is 1.81 bits per heavy atom. The first-order valence-electron chi connectivity index (χ1n) is 8.37. The maximum absolute atomic E-state index is 12.1. The molecule has 5 nitrogen and oxygen atoms in total. The van der Waals surface area contributed by atoms with Gasteiger partial charge in [-0.25, -0.2) is 4.79 Å². The average molecular weight is 295 g/mol. The van der Waals surface area contributed by atoms with Crippen LogP contribution in [0.4, 0.5) is 4.79 Å². The van der Waals surface area contributed by atoms with Crippen LogP contribution in [0, 0.1) is 11.8 Å². The van der Waals surface area contributed by atoms with E-state index in [9.17, 15) is 4.79 Å². The van der Waals surface area contributed by atoms with Gasteiger partial charge in [-0.1, -0.05) is 0 Å². The van der Waals surface area contributed by atoms with Crippen molar-refractivity contribution < 1.29 is 9.53 Å². The van der Waals surface area contributed by atoms with Gasteiger partial charge >= 0.3 is 6.09 Å². The van der Waals surface area contributed by atoms with E-state index in [1.165, 1.54) is 25.9 Å². The van der Waals surface area contributed by atoms with Crippen molar-refractivity contribution in [2.45, 2.75) is 45.3 Å². The molecule has 3 fully saturated rings. The van der Waals surface area contributed by atoms with Gasteiger partial charge in [-0.2, -0.15) is 0 Å². The second-order valence-corrected chi connectivity index (χ2v) is 7.73. The Bertz CT molecular complexity index is 385. The van der Waals surface area contributed by atoms with E-state index in [1.807, 2.05) is 25.7 Å². The lowest BCUT2D eigenvalue weighted by atomic mass is 9.96. The number of rotatable bonds is 1. The van der Waals surface area contributed by atoms with Crippen LogP contribution in [0.25, 0.3) is 0 Å². The summed E-state index contributed by atoms with van der Waals surface area (Å²) in [6, 6.07) is 0.728. The molecule has 0 bridgehead atoms. The van der Waals surface area contributed by atoms with E-state index in [4.69, 9.17) is 4.74 Å². The molecular weight excluding hydrogens is 266 g/mol. The van der Waals surface area contributed by atoms with Crippen LogP contribution in [0.2, 0.25) is 0 Å². The van der Waals surface area contributed by atoms with Gasteiger partial charge in [0.2, 0.25) is 0 Å². The summed E-state index contributed by atoms with van der Waals surface area (Å²) in [5.74, 6) is 1.72. The van der Waals surface area contributed by atoms with E-state index in [0.29, 0.717) is 0 Å². The summed E-state index contributed by atoms with van der Waals surface area (Å²) in [6.45, 7) is 11.8. The van der Waals surface area contributed by atoms with E-state index in [0.717, 1.165) is 44.1 Å². The van der Waals surface area contributed by atoms with Crippen LogP contribution in [-0.2, 0) is 4.74 Å². The van der Waals surface area contributed by atoms with E-state index < -0.39 is 5.60 Å². The van der Waals surface area contributed by atoms with Gasteiger partial charge in [0, 0.05) is 32.2 Å². The minimum absolute atomic E-state index is 0.158. The molecule has 2 heterocycles. The molecule has 3 unspecified atom stereocenters. The minimum Gasteiger partial charge on any atom is -0.444 e. The third-order valence-electron chi connectivity index (χ3n) is 5.15. The van der Waals surface area contributed by atoms with Crippen LogP contribution in [0.3, 0.4) is 0 Å². The van der Waals surface area contributed by atoms with E-state index >= 15 is 0 Å². The number of nitrogens with one attached hydrogen (secondary N) is 1. The van der Waals surface area contributed by atoms with Crippen molar-refractivity contribution in [3.8, 4) is 0 Å². The van der Waals surface area contributed by atoms with E-state index in [-0.39, 0.29) is 6.09 Å². The van der Waals surface area contributed by atoms with Gasteiger partial charge in [-0.05, 0) is 58.5 Å². The first-order valence-corrected chi connectivity index (χ1v) is 8.37. The predicted molar refractivity (Wildman–Crippen MR) is 82.3 cm³/mol. The molecule has 1 aliphatic carbocycles. The Morgan fingerprint density at radius 3 is 2.48 bits per heavy atom. The smallest absolute Gasteiger partial charge is 0.410 e. The molecule has 0 radical (unpaired) electrons. The lowest BCUT2D eigenvalue weighted by Gasteiger charge is -2.40. The lowest BCUT2D eigenvalue weighted by molar-refractivity contribution is 0.00818. The van der Waals surface area contributed by atoms with Crippen LogP contribution in [0.1, 0.15) is 33.6 Å². The number of ether oxygens (including phenoxy) is 1. The highest BCUT2D eigenvalue weighted by Crippen LogP contribution is 2.37. The zero-order valence-electron chi connectivity index (χ0n) is 13.6. The zero-order chi connectivity index (χ0) is 15.0. The second kappa shape index (κ2) is 5.76. The number of hydrogen-bond donors (Lipinski definition) is 1. The van der Waals surface area contributed by atoms with Gasteiger partial charge < -0.3 is 15.0 Å². The maximum atomic E-state index is 12.1. The molecule has 1 N–H and O–H groups in total. The monoisotopic (exact) mass is 295 g/mol. The molecule has 0 aromatic carbocycles. The quantitative estimate of drug-likeness (QED) is 0.797. The molecular formula is C16H29N3O2. The number of fused-ring (bicyclic) bond motifs is 1. The molecule has 5 heteroatoms. The van der Waals surface area contributed by atoms with Crippen molar-refractivity contribution in [1.29, 1.82) is 0 Å². The molecule has 21 heavy (non-hydrogen) atoms. The summed E-state index contributed by atoms with van der Waals surface area (Å²) < 4.78 is 5.47. The number of piperazine rings is 1. The summed E-state index contributed by atoms with van der Waals surface area (Å²) in [4.78, 5) is 16.6. The van der Waals surface area contributed by atoms with Gasteiger partial charge in [0.25, 0.3) is 0 Å². The zero-order valence-corrected chi connectivity index (χ0v) is 13.6. The molecule has 1 amide bonds. The summed E-state index contributed by atoms with van der Waals surface area (Å²) >= 11 is 0. The Hall–Kier alpha value is -0.810. The number of nitrogens with zero attached hydrogens (tertiary/aromatic N) is 2. The van der Waals surface area contributed by atoms with Gasteiger partial charge in [0.1, 0.15) is 5.60 Å². The maximum Gasteiger partial charge on any atom is 0.410 e. The third kappa shape index (κ3) is 3.34. The average Bonchev–Trinajstić information content (AvgIpc) is 2.99. The normalized spacial score (nSPS) is 34.0. The summed E-state index contributed by atoms with van der Waals surface area (Å²) in [5.41, 5.74) is -0.400. The standard InChI is InChI=1S/C16H29N3O2/c1-16(2,3)21-15(20)19-8-6-18(7-9-19)14-5-4-12-10-17-11-13(12)14/h12-14,17H,4-11H2,1-3H3. The van der Waals surface area contributed by atoms with Crippen LogP contribution in [0.15, 0.2) is 0 Å². The van der Waals surface area contributed by atoms with Crippen molar-refractivity contribution in [3.05, 3.63) is 0 Å². The lowest BCUT2D eigenvalue weighted by Crippen LogP contribution is -2.54. The SMILES string of the molecule is CC(C)(C)OC(=O)N1CCN(C2CCC3CNCC32)CC1. The minimum atomic E-state index is -0.400. The second-order valence-electron chi connectivity index (χ2n) is 7.73. The summed E-state index contributed by atoms with van der Waals surface area (Å²) in [5, 5.41) is 3.53. The number of amides is 1. The fourth-order valence-electron chi connectivity index (χ4n) is 4.13. The van der Waals surface area contributed by atoms with Crippen molar-refractivity contribution in [2.75, 3.05) is 39.3 Å². The van der Waals surface area contributed by atoms with Gasteiger partial charge in [0.15, 0.2) is 0 Å². The summed E-state index contributed by atoms with van der Waals surface area (Å²) in [6.07, 6.45) is 2.55. The van der Waals surface area contributed by atoms with Crippen LogP contribution in [0.5, 0.6) is 0 Å². The van der Waals surface area contributed by atoms with Crippen molar-refractivity contribution >= 4 is 6.09 Å². The van der Waals surface area contributed by atoms with Gasteiger partial charge in [0.05, 0.1) is 0 Å². The molecule has 0 aromatic heterocycles. The fraction of sp³-hybridized carbons (Fsp3) is 0.938.